The van der Waals surface area contributed by atoms with E-state index in [9.17, 15) is 14.2 Å². The van der Waals surface area contributed by atoms with E-state index in [-0.39, 0.29) is 23.9 Å². The first-order chi connectivity index (χ1) is 17.8. The molecule has 2 atom stereocenters. The van der Waals surface area contributed by atoms with Gasteiger partial charge in [-0.05, 0) is 51.0 Å². The zero-order chi connectivity index (χ0) is 28.1. The predicted octanol–water partition coefficient (Wildman–Crippen LogP) is 3.62. The third-order valence-corrected chi connectivity index (χ3v) is 7.58. The van der Waals surface area contributed by atoms with Crippen LogP contribution in [0.3, 0.4) is 0 Å². The van der Waals surface area contributed by atoms with Crippen LogP contribution in [0.2, 0.25) is 5.02 Å². The van der Waals surface area contributed by atoms with Gasteiger partial charge in [0.1, 0.15) is 23.7 Å². The lowest BCUT2D eigenvalue weighted by Crippen LogP contribution is -2.49. The Morgan fingerprint density at radius 2 is 1.84 bits per heavy atom. The second kappa shape index (κ2) is 12.2. The lowest BCUT2D eigenvalue weighted by molar-refractivity contribution is -0.150. The Hall–Kier alpha value is -3.05. The van der Waals surface area contributed by atoms with Gasteiger partial charge >= 0.3 is 5.97 Å². The molecule has 0 aliphatic heterocycles. The average molecular weight is 566 g/mol. The van der Waals surface area contributed by atoms with Crippen LogP contribution in [0.4, 0.5) is 5.82 Å². The molecule has 38 heavy (non-hydrogen) atoms. The number of esters is 1. The number of hydrogen-bond donors (Lipinski definition) is 3. The van der Waals surface area contributed by atoms with Gasteiger partial charge in [0.05, 0.1) is 25.6 Å². The minimum Gasteiger partial charge on any atom is -0.464 e. The SMILES string of the molecule is CC(C)COC(=O)C(C)(C)NP(=O)(CO[C@@H](C)Cn1cnc2c(N)ncnc21)NC(=O)c1ccc(Cl)cc1. The molecular formula is C24H33ClN7O5P. The number of halogens is 1. The standard InChI is InChI=1S/C24H33ClN7O5P/c1-15(2)11-36-23(34)24(4,5)31-38(35,30-22(33)17-6-8-18(25)9-7-17)14-37-16(3)10-32-13-29-19-20(26)27-12-28-21(19)32/h6-9,12-13,15-16H,10-11,14H2,1-5H3,(H2,26,27,28)(H2,30,31,33,35)/t16-,38?/m0/s1. The van der Waals surface area contributed by atoms with E-state index in [0.717, 1.165) is 0 Å². The van der Waals surface area contributed by atoms with Gasteiger partial charge < -0.3 is 19.8 Å². The van der Waals surface area contributed by atoms with Gasteiger partial charge in [-0.2, -0.15) is 0 Å². The molecule has 0 radical (unpaired) electrons. The maximum Gasteiger partial charge on any atom is 0.326 e. The number of aromatic nitrogens is 4. The summed E-state index contributed by atoms with van der Waals surface area (Å²) in [4.78, 5) is 38.0. The molecule has 2 heterocycles. The molecule has 1 unspecified atom stereocenters. The predicted molar refractivity (Wildman–Crippen MR) is 145 cm³/mol. The van der Waals surface area contributed by atoms with E-state index in [4.69, 9.17) is 26.8 Å². The number of amides is 1. The second-order valence-corrected chi connectivity index (χ2v) is 12.5. The van der Waals surface area contributed by atoms with Gasteiger partial charge in [-0.3, -0.25) is 19.2 Å². The van der Waals surface area contributed by atoms with Crippen molar-refractivity contribution in [2.45, 2.75) is 52.8 Å². The molecular weight excluding hydrogens is 533 g/mol. The molecule has 0 saturated carbocycles. The van der Waals surface area contributed by atoms with Crippen molar-refractivity contribution in [2.75, 3.05) is 18.7 Å². The Morgan fingerprint density at radius 1 is 1.16 bits per heavy atom. The lowest BCUT2D eigenvalue weighted by Gasteiger charge is -2.31. The number of imidazole rings is 1. The van der Waals surface area contributed by atoms with Crippen LogP contribution in [0.5, 0.6) is 0 Å². The van der Waals surface area contributed by atoms with Crippen LogP contribution in [-0.2, 0) is 25.4 Å². The van der Waals surface area contributed by atoms with Crippen LogP contribution in [0.25, 0.3) is 11.2 Å². The number of ether oxygens (including phenoxy) is 2. The largest absolute Gasteiger partial charge is 0.464 e. The molecule has 0 fully saturated rings. The normalized spacial score (nSPS) is 14.3. The van der Waals surface area contributed by atoms with Gasteiger partial charge in [0, 0.05) is 10.6 Å². The maximum absolute atomic E-state index is 14.0. The number of nitrogen functional groups attached to an aromatic ring is 1. The Balaban J connectivity index is 1.76. The first kappa shape index (κ1) is 29.5. The van der Waals surface area contributed by atoms with Crippen LogP contribution in [0, 0.1) is 5.92 Å². The van der Waals surface area contributed by atoms with E-state index >= 15 is 0 Å². The number of benzene rings is 1. The van der Waals surface area contributed by atoms with Crippen LogP contribution in [-0.4, -0.2) is 56.0 Å². The van der Waals surface area contributed by atoms with Gasteiger partial charge in [0.25, 0.3) is 13.4 Å². The highest BCUT2D eigenvalue weighted by atomic mass is 35.5. The number of nitrogens with two attached hydrogens (primary N) is 1. The number of rotatable bonds is 12. The molecule has 0 aliphatic rings. The highest BCUT2D eigenvalue weighted by Crippen LogP contribution is 2.40. The number of fused-ring (bicyclic) bond motifs is 1. The lowest BCUT2D eigenvalue weighted by atomic mass is 10.1. The summed E-state index contributed by atoms with van der Waals surface area (Å²) in [7, 11) is -3.85. The molecule has 0 saturated heterocycles. The third kappa shape index (κ3) is 7.73. The average Bonchev–Trinajstić information content (AvgIpc) is 3.25. The molecule has 4 N–H and O–H groups in total. The molecule has 206 valence electrons. The molecule has 2 aromatic heterocycles. The van der Waals surface area contributed by atoms with Crippen molar-refractivity contribution in [1.29, 1.82) is 0 Å². The Kier molecular flexibility index (Phi) is 9.48. The summed E-state index contributed by atoms with van der Waals surface area (Å²) in [6.07, 6.45) is 2.01. The summed E-state index contributed by atoms with van der Waals surface area (Å²) in [5.74, 6) is -0.849. The van der Waals surface area contributed by atoms with Gasteiger partial charge in [-0.15, -0.1) is 0 Å². The summed E-state index contributed by atoms with van der Waals surface area (Å²) >= 11 is 5.92. The number of nitrogens with zero attached hydrogens (tertiary/aromatic N) is 4. The van der Waals surface area contributed by atoms with Crippen LogP contribution in [0.15, 0.2) is 36.9 Å². The topological polar surface area (TPSA) is 163 Å². The summed E-state index contributed by atoms with van der Waals surface area (Å²) < 4.78 is 27.0. The van der Waals surface area contributed by atoms with Gasteiger partial charge in [-0.1, -0.05) is 25.4 Å². The van der Waals surface area contributed by atoms with Gasteiger partial charge in [0.15, 0.2) is 11.5 Å². The van der Waals surface area contributed by atoms with E-state index in [0.29, 0.717) is 22.7 Å². The van der Waals surface area contributed by atoms with Crippen LogP contribution >= 0.6 is 19.0 Å². The first-order valence-corrected chi connectivity index (χ1v) is 14.2. The van der Waals surface area contributed by atoms with Gasteiger partial charge in [-0.25, -0.2) is 20.0 Å². The fourth-order valence-corrected chi connectivity index (χ4v) is 5.66. The molecule has 0 spiro atoms. The summed E-state index contributed by atoms with van der Waals surface area (Å²) in [6, 6.07) is 6.11. The van der Waals surface area contributed by atoms with Crippen molar-refractivity contribution in [1.82, 2.24) is 29.7 Å². The highest BCUT2D eigenvalue weighted by molar-refractivity contribution is 7.60. The molecule has 1 aromatic carbocycles. The van der Waals surface area contributed by atoms with E-state index in [2.05, 4.69) is 25.1 Å². The molecule has 12 nitrogen and oxygen atoms in total. The van der Waals surface area contributed by atoms with Crippen LogP contribution < -0.4 is 15.9 Å². The number of anilines is 1. The second-order valence-electron chi connectivity index (χ2n) is 9.85. The first-order valence-electron chi connectivity index (χ1n) is 12.0. The van der Waals surface area contributed by atoms with E-state index in [1.807, 2.05) is 13.8 Å². The summed E-state index contributed by atoms with van der Waals surface area (Å²) in [6.45, 7) is 9.14. The van der Waals surface area contributed by atoms with E-state index in [1.54, 1.807) is 30.0 Å². The Morgan fingerprint density at radius 3 is 2.50 bits per heavy atom. The molecule has 1 amide bonds. The molecule has 3 aromatic rings. The summed E-state index contributed by atoms with van der Waals surface area (Å²) in [5, 5.41) is 5.78. The van der Waals surface area contributed by atoms with Crippen molar-refractivity contribution in [2.24, 2.45) is 5.92 Å². The minimum absolute atomic E-state index is 0.121. The molecule has 3 rings (SSSR count). The summed E-state index contributed by atoms with van der Waals surface area (Å²) in [5.41, 5.74) is 5.69. The smallest absolute Gasteiger partial charge is 0.326 e. The Bertz CT molecular complexity index is 1330. The zero-order valence-electron chi connectivity index (χ0n) is 22.0. The number of carbonyl (C=O) groups excluding carboxylic acids is 2. The molecule has 0 aliphatic carbocycles. The van der Waals surface area contributed by atoms with Crippen molar-refractivity contribution >= 4 is 47.9 Å². The van der Waals surface area contributed by atoms with Crippen molar-refractivity contribution in [3.63, 3.8) is 0 Å². The number of hydrogen-bond acceptors (Lipinski definition) is 9. The van der Waals surface area contributed by atoms with Gasteiger partial charge in [0.2, 0.25) is 0 Å². The zero-order valence-corrected chi connectivity index (χ0v) is 23.6. The van der Waals surface area contributed by atoms with E-state index in [1.165, 1.54) is 32.3 Å². The fraction of sp³-hybridized carbons (Fsp3) is 0.458. The fourth-order valence-electron chi connectivity index (χ4n) is 3.44. The number of carbonyl (C=O) groups is 2. The Labute approximate surface area is 226 Å². The maximum atomic E-state index is 14.0. The quantitative estimate of drug-likeness (QED) is 0.218. The minimum atomic E-state index is -3.85. The van der Waals surface area contributed by atoms with Crippen LogP contribution in [0.1, 0.15) is 45.0 Å². The monoisotopic (exact) mass is 565 g/mol. The van der Waals surface area contributed by atoms with Crippen molar-refractivity contribution in [3.05, 3.63) is 47.5 Å². The van der Waals surface area contributed by atoms with Crippen molar-refractivity contribution < 1.29 is 23.6 Å². The van der Waals surface area contributed by atoms with Crippen molar-refractivity contribution in [3.8, 4) is 0 Å². The van der Waals surface area contributed by atoms with E-state index < -0.39 is 37.3 Å². The molecule has 0 bridgehead atoms. The third-order valence-electron chi connectivity index (χ3n) is 5.33. The highest BCUT2D eigenvalue weighted by Gasteiger charge is 2.39. The number of nitrogens with one attached hydrogen (secondary N) is 2. The molecule has 14 heteroatoms.